The van der Waals surface area contributed by atoms with Crippen molar-refractivity contribution in [3.05, 3.63) is 36.5 Å². The van der Waals surface area contributed by atoms with Crippen LogP contribution in [0.2, 0.25) is 0 Å². The highest BCUT2D eigenvalue weighted by Gasteiger charge is 2.19. The number of unbranched alkanes of at least 4 members (excludes halogenated alkanes) is 39. The van der Waals surface area contributed by atoms with E-state index in [-0.39, 0.29) is 31.1 Å². The minimum absolute atomic E-state index is 0.0814. The minimum atomic E-state index is -0.782. The Kier molecular flexibility index (Phi) is 55.2. The Balaban J connectivity index is 4.37. The molecule has 0 aromatic heterocycles. The van der Waals surface area contributed by atoms with E-state index in [4.69, 9.17) is 14.2 Å². The number of hydrogen-bond donors (Lipinski definition) is 0. The molecular weight excluding hydrogens is 841 g/mol. The Morgan fingerprint density at radius 2 is 0.529 bits per heavy atom. The van der Waals surface area contributed by atoms with Gasteiger partial charge in [-0.2, -0.15) is 0 Å². The lowest BCUT2D eigenvalue weighted by molar-refractivity contribution is -0.167. The maximum Gasteiger partial charge on any atom is 0.306 e. The van der Waals surface area contributed by atoms with Crippen molar-refractivity contribution in [2.75, 3.05) is 13.2 Å². The van der Waals surface area contributed by atoms with Gasteiger partial charge in [-0.25, -0.2) is 0 Å². The van der Waals surface area contributed by atoms with E-state index >= 15 is 0 Å². The molecule has 0 radical (unpaired) electrons. The Hall–Kier alpha value is -2.37. The summed E-state index contributed by atoms with van der Waals surface area (Å²) in [6, 6.07) is 0. The zero-order chi connectivity index (χ0) is 49.3. The van der Waals surface area contributed by atoms with Crippen LogP contribution in [-0.2, 0) is 28.6 Å². The van der Waals surface area contributed by atoms with Gasteiger partial charge in [0.15, 0.2) is 6.10 Å². The lowest BCUT2D eigenvalue weighted by Crippen LogP contribution is -2.30. The van der Waals surface area contributed by atoms with Gasteiger partial charge in [0.1, 0.15) is 13.2 Å². The molecule has 6 nitrogen and oxygen atoms in total. The van der Waals surface area contributed by atoms with Crippen LogP contribution in [0.15, 0.2) is 36.5 Å². The minimum Gasteiger partial charge on any atom is -0.462 e. The third-order valence-corrected chi connectivity index (χ3v) is 13.4. The van der Waals surface area contributed by atoms with Crippen molar-refractivity contribution in [1.82, 2.24) is 0 Å². The average molecular weight is 956 g/mol. The Labute approximate surface area is 423 Å². The van der Waals surface area contributed by atoms with Gasteiger partial charge in [-0.05, 0) is 70.6 Å². The zero-order valence-electron chi connectivity index (χ0n) is 45.6. The number of carbonyl (C=O) groups excluding carboxylic acids is 3. The highest BCUT2D eigenvalue weighted by Crippen LogP contribution is 2.17. The Bertz CT molecular complexity index is 1140. The van der Waals surface area contributed by atoms with Crippen molar-refractivity contribution < 1.29 is 28.6 Å². The van der Waals surface area contributed by atoms with Crippen LogP contribution >= 0.6 is 0 Å². The molecule has 0 aromatic carbocycles. The highest BCUT2D eigenvalue weighted by molar-refractivity contribution is 5.71. The van der Waals surface area contributed by atoms with E-state index in [0.29, 0.717) is 19.3 Å². The predicted molar refractivity (Wildman–Crippen MR) is 293 cm³/mol. The van der Waals surface area contributed by atoms with Crippen LogP contribution in [0.3, 0.4) is 0 Å². The van der Waals surface area contributed by atoms with Crippen LogP contribution in [0, 0.1) is 0 Å². The molecule has 0 rings (SSSR count). The molecule has 0 saturated carbocycles. The molecule has 0 bridgehead atoms. The Morgan fingerprint density at radius 3 is 0.838 bits per heavy atom. The fourth-order valence-electron chi connectivity index (χ4n) is 8.84. The molecule has 1 atom stereocenters. The zero-order valence-corrected chi connectivity index (χ0v) is 45.6. The molecule has 68 heavy (non-hydrogen) atoms. The fourth-order valence-corrected chi connectivity index (χ4v) is 8.84. The van der Waals surface area contributed by atoms with Crippen molar-refractivity contribution in [3.63, 3.8) is 0 Å². The van der Waals surface area contributed by atoms with Crippen LogP contribution in [0.1, 0.15) is 323 Å². The first-order chi connectivity index (χ1) is 33.5. The predicted octanol–water partition coefficient (Wildman–Crippen LogP) is 20.0. The molecular formula is C62H114O6. The Morgan fingerprint density at radius 1 is 0.294 bits per heavy atom. The lowest BCUT2D eigenvalue weighted by atomic mass is 10.0. The van der Waals surface area contributed by atoms with Crippen LogP contribution in [-0.4, -0.2) is 37.2 Å². The molecule has 0 heterocycles. The van der Waals surface area contributed by atoms with Crippen LogP contribution in [0.5, 0.6) is 0 Å². The van der Waals surface area contributed by atoms with Gasteiger partial charge in [-0.15, -0.1) is 0 Å². The first-order valence-corrected chi connectivity index (χ1v) is 30.0. The van der Waals surface area contributed by atoms with E-state index in [0.717, 1.165) is 89.9 Å². The molecule has 6 heteroatoms. The van der Waals surface area contributed by atoms with Crippen molar-refractivity contribution in [2.45, 2.75) is 329 Å². The molecule has 1 unspecified atom stereocenters. The summed E-state index contributed by atoms with van der Waals surface area (Å²) in [5.41, 5.74) is 0. The molecule has 0 fully saturated rings. The van der Waals surface area contributed by atoms with E-state index < -0.39 is 6.10 Å². The maximum absolute atomic E-state index is 12.9. The first kappa shape index (κ1) is 65.6. The molecule has 0 aromatic rings. The molecule has 0 aliphatic rings. The molecule has 0 N–H and O–H groups in total. The van der Waals surface area contributed by atoms with Crippen LogP contribution < -0.4 is 0 Å². The summed E-state index contributed by atoms with van der Waals surface area (Å²) in [5.74, 6) is -0.891. The molecule has 0 amide bonds. The van der Waals surface area contributed by atoms with Crippen molar-refractivity contribution >= 4 is 17.9 Å². The van der Waals surface area contributed by atoms with E-state index in [1.165, 1.54) is 193 Å². The standard InChI is InChI=1S/C62H114O6/c1-4-7-10-13-16-19-22-25-28-30-32-34-37-40-43-46-49-52-55-61(64)67-58-59(57-66-60(63)54-51-48-45-42-39-36-27-24-21-18-15-12-9-6-3)68-62(65)56-53-50-47-44-41-38-35-33-31-29-26-23-20-17-14-11-8-5-2/h28,30,32,34,36,39,59H,4-27,29,31,33,35,37-38,40-58H2,1-3H3/b30-28-,34-32-,39-36-. The van der Waals surface area contributed by atoms with Crippen molar-refractivity contribution in [2.24, 2.45) is 0 Å². The van der Waals surface area contributed by atoms with E-state index in [2.05, 4.69) is 57.2 Å². The summed E-state index contributed by atoms with van der Waals surface area (Å²) in [6.45, 7) is 6.65. The number of hydrogen-bond acceptors (Lipinski definition) is 6. The number of esters is 3. The van der Waals surface area contributed by atoms with Gasteiger partial charge in [-0.1, -0.05) is 269 Å². The highest BCUT2D eigenvalue weighted by atomic mass is 16.6. The molecule has 0 aliphatic heterocycles. The topological polar surface area (TPSA) is 78.9 Å². The van der Waals surface area contributed by atoms with Gasteiger partial charge in [0, 0.05) is 19.3 Å². The van der Waals surface area contributed by atoms with Crippen molar-refractivity contribution in [1.29, 1.82) is 0 Å². The summed E-state index contributed by atoms with van der Waals surface area (Å²) >= 11 is 0. The monoisotopic (exact) mass is 955 g/mol. The largest absolute Gasteiger partial charge is 0.462 e. The van der Waals surface area contributed by atoms with Gasteiger partial charge in [0.25, 0.3) is 0 Å². The number of rotatable bonds is 55. The summed E-state index contributed by atoms with van der Waals surface area (Å²) in [7, 11) is 0. The second-order valence-corrected chi connectivity index (χ2v) is 20.3. The SMILES string of the molecule is CCCCCCCCC/C=C\C=C/CCCCCCCC(=O)OCC(COC(=O)CCCCC/C=C\CCCCCCCCC)OC(=O)CCCCCCCCCCCCCCCCCCCC. The lowest BCUT2D eigenvalue weighted by Gasteiger charge is -2.18. The second kappa shape index (κ2) is 57.2. The summed E-state index contributed by atoms with van der Waals surface area (Å²) in [4.78, 5) is 38.2. The smallest absolute Gasteiger partial charge is 0.306 e. The van der Waals surface area contributed by atoms with Gasteiger partial charge < -0.3 is 14.2 Å². The van der Waals surface area contributed by atoms with Gasteiger partial charge in [0.2, 0.25) is 0 Å². The average Bonchev–Trinajstić information content (AvgIpc) is 3.34. The van der Waals surface area contributed by atoms with Gasteiger partial charge >= 0.3 is 17.9 Å². The molecule has 0 aliphatic carbocycles. The maximum atomic E-state index is 12.9. The van der Waals surface area contributed by atoms with E-state index in [9.17, 15) is 14.4 Å². The van der Waals surface area contributed by atoms with E-state index in [1.54, 1.807) is 0 Å². The number of ether oxygens (including phenoxy) is 3. The first-order valence-electron chi connectivity index (χ1n) is 30.0. The van der Waals surface area contributed by atoms with Crippen molar-refractivity contribution in [3.8, 4) is 0 Å². The molecule has 0 spiro atoms. The van der Waals surface area contributed by atoms with E-state index in [1.807, 2.05) is 0 Å². The fraction of sp³-hybridized carbons (Fsp3) is 0.855. The summed E-state index contributed by atoms with van der Waals surface area (Å²) < 4.78 is 16.9. The quantitative estimate of drug-likeness (QED) is 0.0199. The second-order valence-electron chi connectivity index (χ2n) is 20.3. The van der Waals surface area contributed by atoms with Crippen LogP contribution in [0.4, 0.5) is 0 Å². The van der Waals surface area contributed by atoms with Gasteiger partial charge in [-0.3, -0.25) is 14.4 Å². The van der Waals surface area contributed by atoms with Gasteiger partial charge in [0.05, 0.1) is 0 Å². The summed E-state index contributed by atoms with van der Waals surface area (Å²) in [6.07, 6.45) is 68.5. The summed E-state index contributed by atoms with van der Waals surface area (Å²) in [5, 5.41) is 0. The third kappa shape index (κ3) is 54.6. The third-order valence-electron chi connectivity index (χ3n) is 13.4. The van der Waals surface area contributed by atoms with Crippen LogP contribution in [0.25, 0.3) is 0 Å². The normalized spacial score (nSPS) is 12.2. The number of carbonyl (C=O) groups is 3. The molecule has 0 saturated heterocycles. The molecule has 398 valence electrons. The number of allylic oxidation sites excluding steroid dienone is 6.